The Morgan fingerprint density at radius 2 is 1.16 bits per heavy atom. The molecular formula is C47H56Cl2SiZr-2. The van der Waals surface area contributed by atoms with E-state index in [1.807, 2.05) is 0 Å². The molecule has 0 N–H and O–H groups in total. The van der Waals surface area contributed by atoms with Gasteiger partial charge in [-0.25, -0.2) is 0 Å². The van der Waals surface area contributed by atoms with E-state index in [-0.39, 0.29) is 30.2 Å². The minimum Gasteiger partial charge on any atom is -1.00 e. The SMILES string of the molecule is CC(C)c1ccc(-c2cccc3[cH-]c(C4CCCCC4)cc23)cc1.CCc1cc2c(-c3ccc(C(C)CC)cc3)cccc2[cH-]1.C[Si](C)=[Zr+2].[Cl-].[Cl-]. The Morgan fingerprint density at radius 1 is 0.667 bits per heavy atom. The molecule has 0 nitrogen and oxygen atoms in total. The number of aryl methyl sites for hydroxylation is 1. The fourth-order valence-electron chi connectivity index (χ4n) is 7.21. The van der Waals surface area contributed by atoms with Crippen molar-refractivity contribution in [2.75, 3.05) is 0 Å². The predicted octanol–water partition coefficient (Wildman–Crippen LogP) is 8.49. The molecule has 0 bridgehead atoms. The smallest absolute Gasteiger partial charge is 1.00 e. The molecule has 0 radical (unpaired) electrons. The molecule has 4 heteroatoms. The normalized spacial score (nSPS) is 13.4. The fraction of sp³-hybridized carbons (Fsp3) is 0.362. The third-order valence-electron chi connectivity index (χ3n) is 10.4. The third kappa shape index (κ3) is 11.4. The van der Waals surface area contributed by atoms with Crippen LogP contribution in [0.15, 0.2) is 109 Å². The van der Waals surface area contributed by atoms with Crippen LogP contribution in [0.1, 0.15) is 113 Å². The average molecular weight is 811 g/mol. The molecule has 1 fully saturated rings. The minimum atomic E-state index is 0. The first-order valence-corrected chi connectivity index (χ1v) is 25.0. The van der Waals surface area contributed by atoms with Crippen LogP contribution in [-0.2, 0) is 29.8 Å². The van der Waals surface area contributed by atoms with Crippen LogP contribution in [-0.4, -0.2) is 5.43 Å². The Labute approximate surface area is 336 Å². The number of halogens is 2. The molecule has 1 unspecified atom stereocenters. The van der Waals surface area contributed by atoms with E-state index in [0.717, 1.165) is 12.3 Å². The second-order valence-corrected chi connectivity index (χ2v) is 24.0. The van der Waals surface area contributed by atoms with Crippen molar-refractivity contribution in [3.8, 4) is 22.3 Å². The van der Waals surface area contributed by atoms with Gasteiger partial charge in [0.1, 0.15) is 0 Å². The van der Waals surface area contributed by atoms with Crippen molar-refractivity contribution in [3.05, 3.63) is 131 Å². The van der Waals surface area contributed by atoms with E-state index in [9.17, 15) is 0 Å². The van der Waals surface area contributed by atoms with Crippen LogP contribution in [0.2, 0.25) is 13.1 Å². The Hall–Kier alpha value is -2.22. The Bertz CT molecular complexity index is 1930. The molecule has 0 amide bonds. The molecule has 1 atom stereocenters. The first kappa shape index (κ1) is 43.2. The van der Waals surface area contributed by atoms with Crippen molar-refractivity contribution < 1.29 is 48.1 Å². The van der Waals surface area contributed by atoms with Gasteiger partial charge in [-0.05, 0) is 65.7 Å². The van der Waals surface area contributed by atoms with Gasteiger partial charge in [0, 0.05) is 0 Å². The van der Waals surface area contributed by atoms with Gasteiger partial charge in [-0.3, -0.25) is 0 Å². The summed E-state index contributed by atoms with van der Waals surface area (Å²) in [5.41, 5.74) is 11.4. The van der Waals surface area contributed by atoms with Gasteiger partial charge in [-0.2, -0.15) is 12.1 Å². The zero-order chi connectivity index (χ0) is 34.9. The van der Waals surface area contributed by atoms with Gasteiger partial charge >= 0.3 is 41.9 Å². The van der Waals surface area contributed by atoms with E-state index in [4.69, 9.17) is 0 Å². The van der Waals surface area contributed by atoms with Crippen LogP contribution < -0.4 is 24.8 Å². The summed E-state index contributed by atoms with van der Waals surface area (Å²) in [6.07, 6.45) is 9.25. The Balaban J connectivity index is 0.000000243. The Kier molecular flexibility index (Phi) is 17.7. The van der Waals surface area contributed by atoms with Crippen LogP contribution in [0.25, 0.3) is 43.8 Å². The van der Waals surface area contributed by atoms with E-state index in [1.54, 1.807) is 28.9 Å². The molecule has 0 saturated heterocycles. The summed E-state index contributed by atoms with van der Waals surface area (Å²) >= 11 is 1.74. The van der Waals surface area contributed by atoms with E-state index in [1.165, 1.54) is 99.0 Å². The fourth-order valence-corrected chi connectivity index (χ4v) is 7.21. The first-order chi connectivity index (χ1) is 23.7. The zero-order valence-electron chi connectivity index (χ0n) is 31.8. The summed E-state index contributed by atoms with van der Waals surface area (Å²) in [6.45, 7) is 15.9. The second-order valence-electron chi connectivity index (χ2n) is 14.7. The predicted molar refractivity (Wildman–Crippen MR) is 215 cm³/mol. The monoisotopic (exact) mass is 808 g/mol. The van der Waals surface area contributed by atoms with Gasteiger partial charge in [-0.1, -0.05) is 126 Å². The van der Waals surface area contributed by atoms with Crippen LogP contribution >= 0.6 is 0 Å². The molecule has 1 aliphatic rings. The molecule has 51 heavy (non-hydrogen) atoms. The number of hydrogen-bond acceptors (Lipinski definition) is 0. The van der Waals surface area contributed by atoms with Crippen molar-refractivity contribution in [1.29, 1.82) is 0 Å². The largest absolute Gasteiger partial charge is 1.00 e. The van der Waals surface area contributed by atoms with Gasteiger partial charge in [0.15, 0.2) is 0 Å². The van der Waals surface area contributed by atoms with Crippen LogP contribution in [0, 0.1) is 0 Å². The second kappa shape index (κ2) is 20.9. The van der Waals surface area contributed by atoms with Crippen LogP contribution in [0.4, 0.5) is 0 Å². The van der Waals surface area contributed by atoms with Gasteiger partial charge in [-0.15, -0.1) is 69.1 Å². The van der Waals surface area contributed by atoms with Crippen LogP contribution in [0.3, 0.4) is 0 Å². The molecule has 1 saturated carbocycles. The molecule has 0 heterocycles. The maximum atomic E-state index is 2.47. The summed E-state index contributed by atoms with van der Waals surface area (Å²) in [7, 11) is 0. The summed E-state index contributed by atoms with van der Waals surface area (Å²) in [4.78, 5) is 0. The minimum absolute atomic E-state index is 0. The van der Waals surface area contributed by atoms with Crippen molar-refractivity contribution >= 4 is 27.0 Å². The van der Waals surface area contributed by atoms with Gasteiger partial charge in [0.05, 0.1) is 0 Å². The summed E-state index contributed by atoms with van der Waals surface area (Å²) in [5, 5.41) is 5.57. The molecule has 1 aliphatic carbocycles. The number of hydrogen-bond donors (Lipinski definition) is 0. The zero-order valence-corrected chi connectivity index (χ0v) is 36.8. The summed E-state index contributed by atoms with van der Waals surface area (Å²) in [6, 6.07) is 41.2. The average Bonchev–Trinajstić information content (AvgIpc) is 3.77. The first-order valence-electron chi connectivity index (χ1n) is 18.8. The van der Waals surface area contributed by atoms with Gasteiger partial charge in [0.25, 0.3) is 0 Å². The maximum absolute atomic E-state index is 2.47. The maximum Gasteiger partial charge on any atom is -1.00 e. The Morgan fingerprint density at radius 3 is 1.65 bits per heavy atom. The molecule has 0 spiro atoms. The van der Waals surface area contributed by atoms with Crippen molar-refractivity contribution in [1.82, 2.24) is 0 Å². The number of rotatable bonds is 7. The molecule has 0 aromatic heterocycles. The van der Waals surface area contributed by atoms with Gasteiger partial charge < -0.3 is 24.8 Å². The third-order valence-corrected chi connectivity index (χ3v) is 10.4. The molecule has 268 valence electrons. The molecule has 6 aromatic carbocycles. The quantitative estimate of drug-likeness (QED) is 0.112. The van der Waals surface area contributed by atoms with Gasteiger partial charge in [0.2, 0.25) is 0 Å². The molecular weight excluding hydrogens is 755 g/mol. The standard InChI is InChI=1S/C24H27.C21H23.C2H6Si.2ClH.Zr/c1-17(2)18-11-13-20(14-12-18)23-10-6-9-21-15-22(16-24(21)23)19-7-4-3-5-8-19;1-4-15(3)17-9-11-18(12-10-17)20-8-6-7-19-13-16(5-2)14-21(19)20;1-3-2;;;/h6,9-17,19H,3-5,7-8H2,1-2H3;6-15H,4-5H2,1-3H3;1-2H3;2*1H;/q2*-1;;;;+2/p-2. The van der Waals surface area contributed by atoms with Crippen molar-refractivity contribution in [2.45, 2.75) is 110 Å². The molecule has 7 rings (SSSR count). The summed E-state index contributed by atoms with van der Waals surface area (Å²) in [5.74, 6) is 2.01. The van der Waals surface area contributed by atoms with Crippen LogP contribution in [0.5, 0.6) is 0 Å². The van der Waals surface area contributed by atoms with E-state index in [2.05, 4.69) is 157 Å². The summed E-state index contributed by atoms with van der Waals surface area (Å²) < 4.78 is 0. The van der Waals surface area contributed by atoms with E-state index in [0.29, 0.717) is 11.8 Å². The number of fused-ring (bicyclic) bond motifs is 2. The molecule has 0 aliphatic heterocycles. The molecule has 6 aromatic rings. The number of benzene rings is 4. The van der Waals surface area contributed by atoms with Crippen molar-refractivity contribution in [3.63, 3.8) is 0 Å². The topological polar surface area (TPSA) is 0 Å². The van der Waals surface area contributed by atoms with Crippen molar-refractivity contribution in [2.24, 2.45) is 0 Å². The van der Waals surface area contributed by atoms with E-state index < -0.39 is 0 Å². The van der Waals surface area contributed by atoms with E-state index >= 15 is 0 Å².